The van der Waals surface area contributed by atoms with Crippen molar-refractivity contribution in [3.8, 4) is 5.75 Å². The molecule has 6 heteroatoms. The van der Waals surface area contributed by atoms with Crippen LogP contribution in [0.3, 0.4) is 0 Å². The highest BCUT2D eigenvalue weighted by atomic mass is 16.5. The van der Waals surface area contributed by atoms with Crippen LogP contribution in [-0.4, -0.2) is 37.5 Å². The Bertz CT molecular complexity index is 989. The minimum absolute atomic E-state index is 0.205. The molecule has 1 aromatic heterocycles. The number of hydrogen-bond donors (Lipinski definition) is 1. The van der Waals surface area contributed by atoms with Crippen LogP contribution in [0.4, 0.5) is 5.69 Å². The van der Waals surface area contributed by atoms with Gasteiger partial charge in [-0.05, 0) is 48.4 Å². The highest BCUT2D eigenvalue weighted by molar-refractivity contribution is 6.06. The van der Waals surface area contributed by atoms with Crippen molar-refractivity contribution >= 4 is 17.5 Å². The summed E-state index contributed by atoms with van der Waals surface area (Å²) in [6.07, 6.45) is 2.14. The number of nitrogens with one attached hydrogen (secondary N) is 1. The van der Waals surface area contributed by atoms with Gasteiger partial charge in [0, 0.05) is 31.0 Å². The maximum absolute atomic E-state index is 12.7. The molecule has 0 aliphatic carbocycles. The predicted molar refractivity (Wildman–Crippen MR) is 112 cm³/mol. The summed E-state index contributed by atoms with van der Waals surface area (Å²) in [5.74, 6) is 0.262. The molecule has 148 valence electrons. The molecule has 2 aromatic carbocycles. The Morgan fingerprint density at radius 2 is 1.83 bits per heavy atom. The number of amides is 2. The summed E-state index contributed by atoms with van der Waals surface area (Å²) in [7, 11) is 3.32. The molecule has 0 saturated heterocycles. The molecule has 3 rings (SSSR count). The molecule has 0 aliphatic heterocycles. The molecule has 1 heterocycles. The molecule has 0 unspecified atom stereocenters. The molecular weight excluding hydrogens is 366 g/mol. The molecule has 6 nitrogen and oxygen atoms in total. The molecule has 0 spiro atoms. The van der Waals surface area contributed by atoms with Gasteiger partial charge in [-0.15, -0.1) is 0 Å². The highest BCUT2D eigenvalue weighted by Crippen LogP contribution is 2.15. The second-order valence-corrected chi connectivity index (χ2v) is 6.49. The van der Waals surface area contributed by atoms with Crippen LogP contribution in [0.5, 0.6) is 5.75 Å². The summed E-state index contributed by atoms with van der Waals surface area (Å²) in [5, 5.41) is 2.84. The Morgan fingerprint density at radius 1 is 1.03 bits per heavy atom. The smallest absolute Gasteiger partial charge is 0.269 e. The van der Waals surface area contributed by atoms with Gasteiger partial charge in [0.15, 0.2) is 0 Å². The largest absolute Gasteiger partial charge is 0.497 e. The summed E-state index contributed by atoms with van der Waals surface area (Å²) in [5.41, 5.74) is 2.46. The van der Waals surface area contributed by atoms with Crippen LogP contribution < -0.4 is 15.0 Å². The van der Waals surface area contributed by atoms with E-state index < -0.39 is 0 Å². The van der Waals surface area contributed by atoms with Gasteiger partial charge in [-0.1, -0.05) is 30.3 Å². The minimum Gasteiger partial charge on any atom is -0.497 e. The van der Waals surface area contributed by atoms with E-state index in [2.05, 4.69) is 10.3 Å². The highest BCUT2D eigenvalue weighted by Gasteiger charge is 2.16. The van der Waals surface area contributed by atoms with Crippen LogP contribution in [0.1, 0.15) is 26.4 Å². The SMILES string of the molecule is COc1cccc(CCNC(=O)c2cc(C(=O)N(C)c3ccccc3)ccn2)c1. The lowest BCUT2D eigenvalue weighted by atomic mass is 10.1. The number of aromatic nitrogens is 1. The topological polar surface area (TPSA) is 71.5 Å². The number of carbonyl (C=O) groups is 2. The zero-order chi connectivity index (χ0) is 20.6. The fourth-order valence-electron chi connectivity index (χ4n) is 2.89. The van der Waals surface area contributed by atoms with Crippen LogP contribution >= 0.6 is 0 Å². The number of nitrogens with zero attached hydrogens (tertiary/aromatic N) is 2. The van der Waals surface area contributed by atoms with Crippen LogP contribution in [0.2, 0.25) is 0 Å². The predicted octanol–water partition coefficient (Wildman–Crippen LogP) is 3.34. The Kier molecular flexibility index (Phi) is 6.58. The number of pyridine rings is 1. The minimum atomic E-state index is -0.315. The normalized spacial score (nSPS) is 10.3. The first-order valence-corrected chi connectivity index (χ1v) is 9.29. The molecule has 0 fully saturated rings. The average molecular weight is 389 g/mol. The Morgan fingerprint density at radius 3 is 2.59 bits per heavy atom. The van der Waals surface area contributed by atoms with E-state index in [4.69, 9.17) is 4.74 Å². The third kappa shape index (κ3) is 5.19. The van der Waals surface area contributed by atoms with E-state index in [9.17, 15) is 9.59 Å². The number of para-hydroxylation sites is 1. The van der Waals surface area contributed by atoms with Crippen molar-refractivity contribution < 1.29 is 14.3 Å². The second-order valence-electron chi connectivity index (χ2n) is 6.49. The second kappa shape index (κ2) is 9.50. The lowest BCUT2D eigenvalue weighted by Crippen LogP contribution is -2.29. The summed E-state index contributed by atoms with van der Waals surface area (Å²) < 4.78 is 5.21. The van der Waals surface area contributed by atoms with Crippen molar-refractivity contribution in [2.75, 3.05) is 25.6 Å². The molecular formula is C23H23N3O3. The van der Waals surface area contributed by atoms with E-state index in [0.29, 0.717) is 18.5 Å². The number of anilines is 1. The van der Waals surface area contributed by atoms with Crippen molar-refractivity contribution in [1.82, 2.24) is 10.3 Å². The summed E-state index contributed by atoms with van der Waals surface area (Å²) in [4.78, 5) is 30.8. The van der Waals surface area contributed by atoms with Crippen LogP contribution in [0, 0.1) is 0 Å². The molecule has 0 atom stereocenters. The van der Waals surface area contributed by atoms with Gasteiger partial charge in [-0.25, -0.2) is 0 Å². The lowest BCUT2D eigenvalue weighted by Gasteiger charge is -2.17. The summed E-state index contributed by atoms with van der Waals surface area (Å²) in [6.45, 7) is 0.454. The maximum atomic E-state index is 12.7. The van der Waals surface area contributed by atoms with Crippen molar-refractivity contribution in [3.63, 3.8) is 0 Å². The zero-order valence-electron chi connectivity index (χ0n) is 16.5. The number of methoxy groups -OCH3 is 1. The van der Waals surface area contributed by atoms with Gasteiger partial charge in [0.25, 0.3) is 11.8 Å². The fraction of sp³-hybridized carbons (Fsp3) is 0.174. The zero-order valence-corrected chi connectivity index (χ0v) is 16.5. The molecule has 0 radical (unpaired) electrons. The first-order valence-electron chi connectivity index (χ1n) is 9.29. The summed E-state index contributed by atoms with van der Waals surface area (Å²) >= 11 is 0. The average Bonchev–Trinajstić information content (AvgIpc) is 2.78. The van der Waals surface area contributed by atoms with Gasteiger partial charge < -0.3 is 15.0 Å². The van der Waals surface area contributed by atoms with Gasteiger partial charge in [0.2, 0.25) is 0 Å². The van der Waals surface area contributed by atoms with Crippen molar-refractivity contribution in [2.24, 2.45) is 0 Å². The number of rotatable bonds is 7. The molecule has 2 amide bonds. The Hall–Kier alpha value is -3.67. The number of benzene rings is 2. The van der Waals surface area contributed by atoms with Gasteiger partial charge in [-0.2, -0.15) is 0 Å². The standard InChI is InChI=1S/C23H23N3O3/c1-26(19-8-4-3-5-9-19)23(28)18-12-14-24-21(16-18)22(27)25-13-11-17-7-6-10-20(15-17)29-2/h3-10,12,14-16H,11,13H2,1-2H3,(H,25,27). The van der Waals surface area contributed by atoms with Crippen molar-refractivity contribution in [1.29, 1.82) is 0 Å². The maximum Gasteiger partial charge on any atom is 0.269 e. The molecule has 0 aliphatic rings. The number of carbonyl (C=O) groups excluding carboxylic acids is 2. The third-order valence-electron chi connectivity index (χ3n) is 4.52. The first-order chi connectivity index (χ1) is 14.1. The van der Waals surface area contributed by atoms with Crippen LogP contribution in [0.15, 0.2) is 72.9 Å². The molecule has 1 N–H and O–H groups in total. The lowest BCUT2D eigenvalue weighted by molar-refractivity contribution is 0.0949. The number of hydrogen-bond acceptors (Lipinski definition) is 4. The fourth-order valence-corrected chi connectivity index (χ4v) is 2.89. The van der Waals surface area contributed by atoms with E-state index in [-0.39, 0.29) is 17.5 Å². The Labute approximate surface area is 170 Å². The van der Waals surface area contributed by atoms with Gasteiger partial charge in [0.1, 0.15) is 11.4 Å². The van der Waals surface area contributed by atoms with E-state index >= 15 is 0 Å². The van der Waals surface area contributed by atoms with Crippen LogP contribution in [0.25, 0.3) is 0 Å². The van der Waals surface area contributed by atoms with E-state index in [0.717, 1.165) is 17.0 Å². The Balaban J connectivity index is 1.62. The molecule has 0 bridgehead atoms. The van der Waals surface area contributed by atoms with Gasteiger partial charge in [0.05, 0.1) is 7.11 Å². The first kappa shape index (κ1) is 20.1. The van der Waals surface area contributed by atoms with Crippen molar-refractivity contribution in [3.05, 3.63) is 89.7 Å². The summed E-state index contributed by atoms with van der Waals surface area (Å²) in [6, 6.07) is 20.2. The molecule has 3 aromatic rings. The third-order valence-corrected chi connectivity index (χ3v) is 4.52. The van der Waals surface area contributed by atoms with E-state index in [1.165, 1.54) is 12.3 Å². The van der Waals surface area contributed by atoms with E-state index in [1.54, 1.807) is 25.1 Å². The molecule has 29 heavy (non-hydrogen) atoms. The van der Waals surface area contributed by atoms with Crippen molar-refractivity contribution in [2.45, 2.75) is 6.42 Å². The van der Waals surface area contributed by atoms with E-state index in [1.807, 2.05) is 54.6 Å². The quantitative estimate of drug-likeness (QED) is 0.673. The number of ether oxygens (including phenoxy) is 1. The van der Waals surface area contributed by atoms with Gasteiger partial charge >= 0.3 is 0 Å². The van der Waals surface area contributed by atoms with Crippen LogP contribution in [-0.2, 0) is 6.42 Å². The molecule has 0 saturated carbocycles. The van der Waals surface area contributed by atoms with Gasteiger partial charge in [-0.3, -0.25) is 14.6 Å². The monoisotopic (exact) mass is 389 g/mol.